The second kappa shape index (κ2) is 9.99. The van der Waals surface area contributed by atoms with Crippen molar-refractivity contribution in [1.29, 1.82) is 5.26 Å². The second-order valence-corrected chi connectivity index (χ2v) is 11.6. The highest BCUT2D eigenvalue weighted by atomic mass is 32.1. The van der Waals surface area contributed by atoms with Gasteiger partial charge in [-0.15, -0.1) is 11.3 Å². The van der Waals surface area contributed by atoms with E-state index in [1.54, 1.807) is 7.11 Å². The fourth-order valence-electron chi connectivity index (χ4n) is 6.64. The summed E-state index contributed by atoms with van der Waals surface area (Å²) in [5.41, 5.74) is 7.82. The number of thiophene rings is 1. The molecule has 7 rings (SSSR count). The van der Waals surface area contributed by atoms with E-state index < -0.39 is 11.6 Å². The summed E-state index contributed by atoms with van der Waals surface area (Å²) in [5, 5.41) is 10.8. The van der Waals surface area contributed by atoms with E-state index in [1.165, 1.54) is 7.11 Å². The average molecular weight is 580 g/mol. The van der Waals surface area contributed by atoms with Crippen molar-refractivity contribution in [3.05, 3.63) is 34.5 Å². The second-order valence-electron chi connectivity index (χ2n) is 10.6. The third-order valence-electron chi connectivity index (χ3n) is 8.40. The van der Waals surface area contributed by atoms with Gasteiger partial charge in [-0.25, -0.2) is 8.78 Å². The molecule has 3 aliphatic heterocycles. The number of likely N-dealkylation sites (tertiary alicyclic amines) is 1. The van der Waals surface area contributed by atoms with Gasteiger partial charge in [-0.1, -0.05) is 0 Å². The van der Waals surface area contributed by atoms with Gasteiger partial charge in [0.05, 0.1) is 54.5 Å². The number of piperazine rings is 1. The van der Waals surface area contributed by atoms with E-state index in [2.05, 4.69) is 19.8 Å². The number of anilines is 2. The molecule has 0 aliphatic carbocycles. The van der Waals surface area contributed by atoms with Crippen molar-refractivity contribution < 1.29 is 23.0 Å². The van der Waals surface area contributed by atoms with Crippen LogP contribution in [0.3, 0.4) is 0 Å². The maximum atomic E-state index is 16.9. The molecule has 10 nitrogen and oxygen atoms in total. The molecular weight excluding hydrogens is 552 g/mol. The molecule has 0 saturated carbocycles. The molecule has 2 saturated heterocycles. The number of rotatable bonds is 6. The van der Waals surface area contributed by atoms with Crippen LogP contribution >= 0.6 is 11.3 Å². The van der Waals surface area contributed by atoms with Gasteiger partial charge >= 0.3 is 6.01 Å². The fourth-order valence-corrected chi connectivity index (χ4v) is 7.56. The summed E-state index contributed by atoms with van der Waals surface area (Å²) in [6.07, 6.45) is 3.03. The number of hydrogen-bond acceptors (Lipinski definition) is 11. The lowest BCUT2D eigenvalue weighted by atomic mass is 9.93. The van der Waals surface area contributed by atoms with Gasteiger partial charge in [0.15, 0.2) is 11.6 Å². The number of aromatic nitrogens is 3. The van der Waals surface area contributed by atoms with Gasteiger partial charge in [0, 0.05) is 49.8 Å². The third kappa shape index (κ3) is 3.93. The first kappa shape index (κ1) is 26.2. The maximum absolute atomic E-state index is 16.9. The van der Waals surface area contributed by atoms with Crippen LogP contribution < -0.4 is 15.4 Å². The van der Waals surface area contributed by atoms with Gasteiger partial charge in [-0.2, -0.15) is 15.2 Å². The largest absolute Gasteiger partial charge is 0.467 e. The minimum atomic E-state index is -0.647. The number of nitrogen functional groups attached to an aromatic ring is 1. The van der Waals surface area contributed by atoms with E-state index >= 15 is 4.39 Å². The molecule has 2 atom stereocenters. The zero-order chi connectivity index (χ0) is 28.4. The average Bonchev–Trinajstić information content (AvgIpc) is 3.66. The molecule has 0 amide bonds. The molecule has 41 heavy (non-hydrogen) atoms. The van der Waals surface area contributed by atoms with Gasteiger partial charge in [-0.05, 0) is 24.0 Å². The first-order valence-electron chi connectivity index (χ1n) is 13.4. The molecule has 0 spiro atoms. The summed E-state index contributed by atoms with van der Waals surface area (Å²) in [5.74, 6) is -0.638. The first-order valence-corrected chi connectivity index (χ1v) is 14.2. The van der Waals surface area contributed by atoms with Crippen LogP contribution in [0.5, 0.6) is 6.01 Å². The standard InChI is InChI=1S/C28H27F2N7O3S/c1-38-6-5-36-9-13-3-4-14(10-36)37(13)27-21-17-12-40-11-16(17)19(22(30)24(21)34-28(35-27)39-2)23-20-15(7-31)26(32)41-25(20)18(29)8-33-23/h8,13-14H,3-6,9-12,32H2,1-2H3. The smallest absolute Gasteiger partial charge is 0.318 e. The summed E-state index contributed by atoms with van der Waals surface area (Å²) in [7, 11) is 3.16. The normalized spacial score (nSPS) is 20.2. The lowest BCUT2D eigenvalue weighted by Crippen LogP contribution is -2.54. The fraction of sp³-hybridized carbons (Fsp3) is 0.429. The lowest BCUT2D eigenvalue weighted by Gasteiger charge is -2.42. The summed E-state index contributed by atoms with van der Waals surface area (Å²) in [6, 6.07) is 2.48. The highest BCUT2D eigenvalue weighted by molar-refractivity contribution is 7.23. The van der Waals surface area contributed by atoms with Gasteiger partial charge in [0.1, 0.15) is 22.4 Å². The Kier molecular flexibility index (Phi) is 6.39. The topological polar surface area (TPSA) is 123 Å². The van der Waals surface area contributed by atoms with Crippen molar-refractivity contribution in [1.82, 2.24) is 19.9 Å². The Bertz CT molecular complexity index is 1740. The van der Waals surface area contributed by atoms with Crippen molar-refractivity contribution >= 4 is 43.1 Å². The van der Waals surface area contributed by atoms with Crippen LogP contribution in [-0.4, -0.2) is 72.4 Å². The van der Waals surface area contributed by atoms with Gasteiger partial charge in [0.25, 0.3) is 0 Å². The number of hydrogen-bond donors (Lipinski definition) is 1. The highest BCUT2D eigenvalue weighted by Gasteiger charge is 2.43. The van der Waals surface area contributed by atoms with Crippen LogP contribution in [0.15, 0.2) is 6.20 Å². The van der Waals surface area contributed by atoms with E-state index in [-0.39, 0.29) is 68.7 Å². The molecule has 2 N–H and O–H groups in total. The van der Waals surface area contributed by atoms with Crippen LogP contribution in [0.2, 0.25) is 0 Å². The molecule has 2 bridgehead atoms. The Morgan fingerprint density at radius 2 is 1.90 bits per heavy atom. The molecule has 3 aromatic heterocycles. The first-order chi connectivity index (χ1) is 19.9. The van der Waals surface area contributed by atoms with Crippen molar-refractivity contribution in [2.45, 2.75) is 38.1 Å². The molecular formula is C28H27F2N7O3S. The molecule has 0 radical (unpaired) electrons. The van der Waals surface area contributed by atoms with E-state index in [0.717, 1.165) is 55.6 Å². The predicted molar refractivity (Wildman–Crippen MR) is 150 cm³/mol. The van der Waals surface area contributed by atoms with Crippen LogP contribution in [0.4, 0.5) is 19.6 Å². The quantitative estimate of drug-likeness (QED) is 0.359. The Balaban J connectivity index is 1.47. The monoisotopic (exact) mass is 579 g/mol. The van der Waals surface area contributed by atoms with Crippen molar-refractivity contribution in [2.75, 3.05) is 51.1 Å². The zero-order valence-electron chi connectivity index (χ0n) is 22.5. The predicted octanol–water partition coefficient (Wildman–Crippen LogP) is 3.98. The molecule has 2 fully saturated rings. The van der Waals surface area contributed by atoms with Crippen LogP contribution in [0, 0.1) is 23.0 Å². The molecule has 4 aromatic rings. The Hall–Kier alpha value is -3.70. The number of halogens is 2. The van der Waals surface area contributed by atoms with E-state index in [1.807, 2.05) is 6.07 Å². The van der Waals surface area contributed by atoms with Crippen LogP contribution in [0.25, 0.3) is 32.2 Å². The minimum absolute atomic E-state index is 0.0483. The number of fused-ring (bicyclic) bond motifs is 6. The van der Waals surface area contributed by atoms with Crippen molar-refractivity contribution in [3.63, 3.8) is 0 Å². The van der Waals surface area contributed by atoms with Crippen molar-refractivity contribution in [3.8, 4) is 23.3 Å². The van der Waals surface area contributed by atoms with Gasteiger partial charge in [0.2, 0.25) is 0 Å². The Labute approximate surface area is 238 Å². The van der Waals surface area contributed by atoms with Gasteiger partial charge in [-0.3, -0.25) is 9.88 Å². The van der Waals surface area contributed by atoms with E-state index in [4.69, 9.17) is 24.9 Å². The van der Waals surface area contributed by atoms with Gasteiger partial charge < -0.3 is 24.8 Å². The van der Waals surface area contributed by atoms with Crippen LogP contribution in [-0.2, 0) is 22.7 Å². The third-order valence-corrected chi connectivity index (χ3v) is 9.43. The minimum Gasteiger partial charge on any atom is -0.467 e. The molecule has 212 valence electrons. The molecule has 3 aliphatic rings. The molecule has 13 heteroatoms. The zero-order valence-corrected chi connectivity index (χ0v) is 23.4. The summed E-state index contributed by atoms with van der Waals surface area (Å²) >= 11 is 0.944. The number of nitrogens with two attached hydrogens (primary N) is 1. The summed E-state index contributed by atoms with van der Waals surface area (Å²) in [4.78, 5) is 18.3. The number of nitrogens with zero attached hydrogens (tertiary/aromatic N) is 6. The van der Waals surface area contributed by atoms with E-state index in [0.29, 0.717) is 23.4 Å². The Morgan fingerprint density at radius 3 is 2.61 bits per heavy atom. The molecule has 6 heterocycles. The van der Waals surface area contributed by atoms with Crippen LogP contribution in [0.1, 0.15) is 29.5 Å². The number of pyridine rings is 1. The number of methoxy groups -OCH3 is 2. The maximum Gasteiger partial charge on any atom is 0.318 e. The summed E-state index contributed by atoms with van der Waals surface area (Å²) < 4.78 is 48.5. The number of nitriles is 1. The van der Waals surface area contributed by atoms with E-state index in [9.17, 15) is 9.65 Å². The number of ether oxygens (including phenoxy) is 3. The Morgan fingerprint density at radius 1 is 1.15 bits per heavy atom. The SMILES string of the molecule is COCCN1CC2CCC(C1)N2c1nc(OC)nc2c(F)c(-c3ncc(F)c4sc(N)c(C#N)c34)c3c(c12)COC3. The number of benzene rings is 1. The highest BCUT2D eigenvalue weighted by Crippen LogP contribution is 2.48. The van der Waals surface area contributed by atoms with Crippen molar-refractivity contribution in [2.24, 2.45) is 0 Å². The molecule has 1 aromatic carbocycles. The molecule has 2 unspecified atom stereocenters. The summed E-state index contributed by atoms with van der Waals surface area (Å²) in [6.45, 7) is 3.57. The lowest BCUT2D eigenvalue weighted by molar-refractivity contribution is 0.132.